The van der Waals surface area contributed by atoms with Crippen LogP contribution in [0.3, 0.4) is 0 Å². The monoisotopic (exact) mass is 421 g/mol. The van der Waals surface area contributed by atoms with Crippen molar-refractivity contribution < 1.29 is 23.9 Å². The molecule has 31 heavy (non-hydrogen) atoms. The number of carbonyl (C=O) groups is 1. The summed E-state index contributed by atoms with van der Waals surface area (Å²) in [5.74, 6) is 1.95. The third-order valence-corrected chi connectivity index (χ3v) is 5.18. The molecule has 0 spiro atoms. The average molecular weight is 422 g/mol. The van der Waals surface area contributed by atoms with E-state index < -0.39 is 6.04 Å². The van der Waals surface area contributed by atoms with Crippen LogP contribution in [0.1, 0.15) is 17.2 Å². The van der Waals surface area contributed by atoms with Gasteiger partial charge in [0.25, 0.3) is 5.91 Å². The van der Waals surface area contributed by atoms with Gasteiger partial charge >= 0.3 is 0 Å². The first kappa shape index (κ1) is 22.2. The topological polar surface area (TPSA) is 61.2 Å². The van der Waals surface area contributed by atoms with Crippen LogP contribution in [0.15, 0.2) is 72.8 Å². The summed E-state index contributed by atoms with van der Waals surface area (Å²) in [6, 6.07) is 22.5. The predicted octanol–water partition coefficient (Wildman–Crippen LogP) is 3.11. The lowest BCUT2D eigenvalue weighted by Gasteiger charge is -2.25. The van der Waals surface area contributed by atoms with Crippen LogP contribution in [0.4, 0.5) is 5.69 Å². The van der Waals surface area contributed by atoms with Crippen molar-refractivity contribution in [1.82, 2.24) is 0 Å². The standard InChI is InChI=1S/C25H28N2O4/c1-27(17-19-12-8-15-22(30-3)24(19)31-4)23(18-10-6-5-7-11-18)25(28)26-20-13-9-14-21(16-20)29-2/h5-16,23H,17H2,1-4H3,(H,26,28)/p+1/t23-/m0/s1. The minimum absolute atomic E-state index is 0.0983. The molecule has 0 saturated heterocycles. The second-order valence-corrected chi connectivity index (χ2v) is 7.24. The van der Waals surface area contributed by atoms with Gasteiger partial charge in [-0.15, -0.1) is 0 Å². The molecule has 0 fully saturated rings. The highest BCUT2D eigenvalue weighted by atomic mass is 16.5. The second-order valence-electron chi connectivity index (χ2n) is 7.24. The lowest BCUT2D eigenvalue weighted by Crippen LogP contribution is -3.09. The summed E-state index contributed by atoms with van der Waals surface area (Å²) in [5, 5.41) is 3.04. The Hall–Kier alpha value is -3.51. The number of hydrogen-bond donors (Lipinski definition) is 2. The molecular formula is C25H29N2O4+. The third-order valence-electron chi connectivity index (χ3n) is 5.18. The highest BCUT2D eigenvalue weighted by Crippen LogP contribution is 2.30. The molecule has 0 heterocycles. The summed E-state index contributed by atoms with van der Waals surface area (Å²) >= 11 is 0. The van der Waals surface area contributed by atoms with Crippen LogP contribution in [0.5, 0.6) is 17.2 Å². The molecule has 0 saturated carbocycles. The van der Waals surface area contributed by atoms with Gasteiger partial charge in [-0.05, 0) is 24.3 Å². The van der Waals surface area contributed by atoms with Gasteiger partial charge in [-0.1, -0.05) is 42.5 Å². The van der Waals surface area contributed by atoms with Gasteiger partial charge in [-0.3, -0.25) is 4.79 Å². The van der Waals surface area contributed by atoms with E-state index in [1.807, 2.05) is 73.8 Å². The van der Waals surface area contributed by atoms with Crippen molar-refractivity contribution in [2.75, 3.05) is 33.7 Å². The van der Waals surface area contributed by atoms with E-state index in [1.54, 1.807) is 27.4 Å². The van der Waals surface area contributed by atoms with Crippen LogP contribution in [-0.2, 0) is 11.3 Å². The first-order valence-electron chi connectivity index (χ1n) is 10.1. The molecule has 1 amide bonds. The molecule has 162 valence electrons. The second kappa shape index (κ2) is 10.5. The summed E-state index contributed by atoms with van der Waals surface area (Å²) in [7, 11) is 6.85. The predicted molar refractivity (Wildman–Crippen MR) is 121 cm³/mol. The molecule has 6 nitrogen and oxygen atoms in total. The largest absolute Gasteiger partial charge is 0.497 e. The molecular weight excluding hydrogens is 392 g/mol. The SMILES string of the molecule is COc1cccc(NC(=O)[C@H](c2ccccc2)[NH+](C)Cc2cccc(OC)c2OC)c1. The smallest absolute Gasteiger partial charge is 0.287 e. The van der Waals surface area contributed by atoms with Gasteiger partial charge in [0.15, 0.2) is 17.5 Å². The molecule has 0 aliphatic carbocycles. The zero-order valence-corrected chi connectivity index (χ0v) is 18.3. The van der Waals surface area contributed by atoms with Gasteiger partial charge < -0.3 is 24.4 Å². The van der Waals surface area contributed by atoms with Crippen molar-refractivity contribution in [3.63, 3.8) is 0 Å². The zero-order valence-electron chi connectivity index (χ0n) is 18.3. The van der Waals surface area contributed by atoms with Crippen molar-refractivity contribution in [2.45, 2.75) is 12.6 Å². The molecule has 0 bridgehead atoms. The van der Waals surface area contributed by atoms with Gasteiger partial charge in [0, 0.05) is 17.3 Å². The molecule has 2 N–H and O–H groups in total. The number of benzene rings is 3. The fourth-order valence-electron chi connectivity index (χ4n) is 3.72. The molecule has 3 aromatic rings. The number of hydrogen-bond acceptors (Lipinski definition) is 4. The van der Waals surface area contributed by atoms with Crippen molar-refractivity contribution in [3.8, 4) is 17.2 Å². The Bertz CT molecular complexity index is 1010. The zero-order chi connectivity index (χ0) is 22.2. The number of quaternary nitrogens is 1. The average Bonchev–Trinajstić information content (AvgIpc) is 2.79. The molecule has 2 atom stereocenters. The molecule has 0 aliphatic heterocycles. The Labute approximate surface area is 183 Å². The molecule has 3 rings (SSSR count). The maximum absolute atomic E-state index is 13.4. The Kier molecular flexibility index (Phi) is 7.51. The summed E-state index contributed by atoms with van der Waals surface area (Å²) in [5.41, 5.74) is 2.59. The van der Waals surface area contributed by atoms with Crippen molar-refractivity contribution in [2.24, 2.45) is 0 Å². The van der Waals surface area contributed by atoms with E-state index in [2.05, 4.69) is 5.32 Å². The van der Waals surface area contributed by atoms with Crippen LogP contribution in [0.25, 0.3) is 0 Å². The van der Waals surface area contributed by atoms with Crippen molar-refractivity contribution in [3.05, 3.63) is 83.9 Å². The Balaban J connectivity index is 1.90. The first-order chi connectivity index (χ1) is 15.1. The van der Waals surface area contributed by atoms with Crippen LogP contribution >= 0.6 is 0 Å². The number of rotatable bonds is 9. The van der Waals surface area contributed by atoms with Crippen LogP contribution in [0.2, 0.25) is 0 Å². The van der Waals surface area contributed by atoms with Crippen molar-refractivity contribution in [1.29, 1.82) is 0 Å². The number of carbonyl (C=O) groups excluding carboxylic acids is 1. The van der Waals surface area contributed by atoms with E-state index in [4.69, 9.17) is 14.2 Å². The molecule has 3 aromatic carbocycles. The number of likely N-dealkylation sites (N-methyl/N-ethyl adjacent to an activating group) is 1. The maximum atomic E-state index is 13.4. The van der Waals surface area contributed by atoms with E-state index in [9.17, 15) is 4.79 Å². The van der Waals surface area contributed by atoms with E-state index in [0.29, 0.717) is 29.5 Å². The molecule has 0 radical (unpaired) electrons. The quantitative estimate of drug-likeness (QED) is 0.557. The van der Waals surface area contributed by atoms with E-state index >= 15 is 0 Å². The number of nitrogens with one attached hydrogen (secondary N) is 2. The number of amides is 1. The molecule has 1 unspecified atom stereocenters. The number of anilines is 1. The minimum atomic E-state index is -0.427. The minimum Gasteiger partial charge on any atom is -0.497 e. The highest BCUT2D eigenvalue weighted by Gasteiger charge is 2.30. The van der Waals surface area contributed by atoms with Gasteiger partial charge in [0.1, 0.15) is 12.3 Å². The number of methoxy groups -OCH3 is 3. The lowest BCUT2D eigenvalue weighted by atomic mass is 10.0. The first-order valence-corrected chi connectivity index (χ1v) is 10.1. The van der Waals surface area contributed by atoms with E-state index in [0.717, 1.165) is 16.0 Å². The Morgan fingerprint density at radius 3 is 2.32 bits per heavy atom. The fourth-order valence-corrected chi connectivity index (χ4v) is 3.72. The number of para-hydroxylation sites is 1. The lowest BCUT2D eigenvalue weighted by molar-refractivity contribution is -0.915. The molecule has 0 aromatic heterocycles. The fraction of sp³-hybridized carbons (Fsp3) is 0.240. The van der Waals surface area contributed by atoms with Gasteiger partial charge in [0.2, 0.25) is 0 Å². The maximum Gasteiger partial charge on any atom is 0.287 e. The van der Waals surface area contributed by atoms with E-state index in [1.165, 1.54) is 0 Å². The summed E-state index contributed by atoms with van der Waals surface area (Å²) in [6.07, 6.45) is 0. The van der Waals surface area contributed by atoms with Gasteiger partial charge in [0.05, 0.1) is 33.9 Å². The van der Waals surface area contributed by atoms with Gasteiger partial charge in [-0.25, -0.2) is 0 Å². The van der Waals surface area contributed by atoms with Gasteiger partial charge in [-0.2, -0.15) is 0 Å². The van der Waals surface area contributed by atoms with Crippen LogP contribution in [-0.4, -0.2) is 34.3 Å². The van der Waals surface area contributed by atoms with Crippen LogP contribution < -0.4 is 24.4 Å². The Morgan fingerprint density at radius 2 is 1.65 bits per heavy atom. The summed E-state index contributed by atoms with van der Waals surface area (Å²) < 4.78 is 16.3. The normalized spacial score (nSPS) is 12.5. The van der Waals surface area contributed by atoms with Crippen LogP contribution in [0, 0.1) is 0 Å². The third kappa shape index (κ3) is 5.35. The van der Waals surface area contributed by atoms with Crippen molar-refractivity contribution >= 4 is 11.6 Å². The molecule has 0 aliphatic rings. The van der Waals surface area contributed by atoms with E-state index in [-0.39, 0.29) is 5.91 Å². The highest BCUT2D eigenvalue weighted by molar-refractivity contribution is 5.94. The Morgan fingerprint density at radius 1 is 0.903 bits per heavy atom. The summed E-state index contributed by atoms with van der Waals surface area (Å²) in [4.78, 5) is 14.4. The number of ether oxygens (including phenoxy) is 3. The molecule has 6 heteroatoms. The summed E-state index contributed by atoms with van der Waals surface area (Å²) in [6.45, 7) is 0.575.